The van der Waals surface area contributed by atoms with E-state index in [0.29, 0.717) is 0 Å². The van der Waals surface area contributed by atoms with Gasteiger partial charge in [0.25, 0.3) is 0 Å². The van der Waals surface area contributed by atoms with Crippen molar-refractivity contribution in [2.75, 3.05) is 0 Å². The lowest BCUT2D eigenvalue weighted by molar-refractivity contribution is -0.396. The summed E-state index contributed by atoms with van der Waals surface area (Å²) in [5.41, 5.74) is 0. The van der Waals surface area contributed by atoms with E-state index >= 15 is 0 Å². The molecule has 0 spiro atoms. The Hall–Kier alpha value is -0.493. The minimum absolute atomic E-state index is 0.733. The Balaban J connectivity index is 5.06. The molecule has 0 aliphatic carbocycles. The average Bonchev–Trinajstić information content (AvgIpc) is 2.14. The Morgan fingerprint density at radius 3 is 1.47 bits per heavy atom. The van der Waals surface area contributed by atoms with Gasteiger partial charge in [-0.3, -0.25) is 0 Å². The molecule has 0 amide bonds. The SMILES string of the molecule is O[SiH](O)CCCC(F)(F)C(F)(F)C(F)(F)C(F)(F)F. The molecule has 0 fully saturated rings. The summed E-state index contributed by atoms with van der Waals surface area (Å²) >= 11 is 0. The van der Waals surface area contributed by atoms with Gasteiger partial charge in [-0.15, -0.1) is 0 Å². The van der Waals surface area contributed by atoms with Gasteiger partial charge >= 0.3 is 33.2 Å². The van der Waals surface area contributed by atoms with Crippen LogP contribution in [0.15, 0.2) is 0 Å². The van der Waals surface area contributed by atoms with Crippen LogP contribution in [0.4, 0.5) is 39.5 Å². The van der Waals surface area contributed by atoms with Gasteiger partial charge in [0.15, 0.2) is 0 Å². The van der Waals surface area contributed by atoms with Crippen molar-refractivity contribution < 1.29 is 49.1 Å². The molecule has 19 heavy (non-hydrogen) atoms. The Labute approximate surface area is 102 Å². The largest absolute Gasteiger partial charge is 0.460 e. The van der Waals surface area contributed by atoms with Gasteiger partial charge in [0, 0.05) is 6.42 Å². The molecular weight excluding hydrogens is 315 g/mol. The van der Waals surface area contributed by atoms with Crippen molar-refractivity contribution in [3.05, 3.63) is 0 Å². The molecule has 0 aromatic carbocycles. The summed E-state index contributed by atoms with van der Waals surface area (Å²) in [6.45, 7) is 0. The van der Waals surface area contributed by atoms with Crippen molar-refractivity contribution >= 4 is 9.28 Å². The van der Waals surface area contributed by atoms with Gasteiger partial charge in [-0.05, 0) is 12.5 Å². The molecule has 0 bridgehead atoms. The molecule has 0 aromatic rings. The zero-order chi connectivity index (χ0) is 15.7. The second-order valence-electron chi connectivity index (χ2n) is 3.72. The maximum Gasteiger partial charge on any atom is 0.460 e. The molecule has 0 aromatic heterocycles. The third-order valence-electron chi connectivity index (χ3n) is 2.16. The number of halogens is 9. The summed E-state index contributed by atoms with van der Waals surface area (Å²) in [7, 11) is -3.38. The fourth-order valence-corrected chi connectivity index (χ4v) is 1.64. The van der Waals surface area contributed by atoms with Crippen molar-refractivity contribution in [1.82, 2.24) is 0 Å². The molecule has 0 rings (SSSR count). The normalized spacial score (nSPS) is 15.2. The molecular formula is C7H9F9O2Si. The van der Waals surface area contributed by atoms with Crippen LogP contribution < -0.4 is 0 Å². The lowest BCUT2D eigenvalue weighted by Gasteiger charge is -2.33. The van der Waals surface area contributed by atoms with E-state index in [1.54, 1.807) is 0 Å². The molecule has 0 aliphatic rings. The first kappa shape index (κ1) is 18.5. The maximum absolute atomic E-state index is 12.8. The van der Waals surface area contributed by atoms with Gasteiger partial charge in [-0.25, -0.2) is 0 Å². The lowest BCUT2D eigenvalue weighted by atomic mass is 10.00. The number of hydrogen-bond acceptors (Lipinski definition) is 2. The first-order valence-electron chi connectivity index (χ1n) is 4.73. The topological polar surface area (TPSA) is 40.5 Å². The van der Waals surface area contributed by atoms with Crippen molar-refractivity contribution in [3.63, 3.8) is 0 Å². The zero-order valence-electron chi connectivity index (χ0n) is 8.99. The standard InChI is InChI=1S/C7H9F9O2Si/c8-4(9,2-1-3-19(17)18)5(10,11)6(12,13)7(14,15)16/h17-19H,1-3H2. The fourth-order valence-electron chi connectivity index (χ4n) is 1.07. The smallest absolute Gasteiger partial charge is 0.413 e. The molecule has 2 N–H and O–H groups in total. The molecule has 0 atom stereocenters. The van der Waals surface area contributed by atoms with Crippen LogP contribution in [0.2, 0.25) is 6.04 Å². The molecule has 0 saturated carbocycles. The van der Waals surface area contributed by atoms with Crippen LogP contribution in [0.25, 0.3) is 0 Å². The van der Waals surface area contributed by atoms with Crippen LogP contribution in [-0.4, -0.2) is 42.8 Å². The van der Waals surface area contributed by atoms with Crippen LogP contribution >= 0.6 is 0 Å². The van der Waals surface area contributed by atoms with Crippen LogP contribution in [-0.2, 0) is 0 Å². The highest BCUT2D eigenvalue weighted by atomic mass is 28.3. The third kappa shape index (κ3) is 3.75. The molecule has 0 unspecified atom stereocenters. The Kier molecular flexibility index (Phi) is 5.34. The monoisotopic (exact) mass is 324 g/mol. The van der Waals surface area contributed by atoms with Crippen molar-refractivity contribution in [3.8, 4) is 0 Å². The molecule has 116 valence electrons. The summed E-state index contributed by atoms with van der Waals surface area (Å²) in [5.74, 6) is -19.1. The highest BCUT2D eigenvalue weighted by molar-refractivity contribution is 6.40. The molecule has 12 heteroatoms. The van der Waals surface area contributed by atoms with Gasteiger partial charge in [0.05, 0.1) is 0 Å². The quantitative estimate of drug-likeness (QED) is 0.582. The van der Waals surface area contributed by atoms with Crippen LogP contribution in [0.1, 0.15) is 12.8 Å². The van der Waals surface area contributed by atoms with Gasteiger partial charge in [-0.2, -0.15) is 39.5 Å². The van der Waals surface area contributed by atoms with Crippen molar-refractivity contribution in [2.45, 2.75) is 42.8 Å². The highest BCUT2D eigenvalue weighted by Gasteiger charge is 2.81. The van der Waals surface area contributed by atoms with E-state index in [1.165, 1.54) is 0 Å². The van der Waals surface area contributed by atoms with E-state index in [1.807, 2.05) is 0 Å². The van der Waals surface area contributed by atoms with Gasteiger partial charge in [0.2, 0.25) is 0 Å². The van der Waals surface area contributed by atoms with E-state index in [9.17, 15) is 39.5 Å². The molecule has 0 aliphatic heterocycles. The van der Waals surface area contributed by atoms with Crippen molar-refractivity contribution in [2.24, 2.45) is 0 Å². The lowest BCUT2D eigenvalue weighted by Crippen LogP contribution is -2.60. The van der Waals surface area contributed by atoms with E-state index in [-0.39, 0.29) is 0 Å². The number of alkyl halides is 9. The summed E-state index contributed by atoms with van der Waals surface area (Å²) in [5, 5.41) is 0. The minimum atomic E-state index is -6.89. The zero-order valence-corrected chi connectivity index (χ0v) is 10.1. The number of rotatable bonds is 6. The van der Waals surface area contributed by atoms with Crippen LogP contribution in [0.3, 0.4) is 0 Å². The minimum Gasteiger partial charge on any atom is -0.413 e. The first-order chi connectivity index (χ1) is 8.17. The maximum atomic E-state index is 12.8. The first-order valence-corrected chi connectivity index (χ1v) is 6.58. The van der Waals surface area contributed by atoms with E-state index in [2.05, 4.69) is 0 Å². The van der Waals surface area contributed by atoms with Crippen LogP contribution in [0.5, 0.6) is 0 Å². The predicted molar refractivity (Wildman–Crippen MR) is 46.5 cm³/mol. The molecule has 0 heterocycles. The molecule has 2 nitrogen and oxygen atoms in total. The highest BCUT2D eigenvalue weighted by Crippen LogP contribution is 2.54. The third-order valence-corrected chi connectivity index (χ3v) is 3.09. The second-order valence-corrected chi connectivity index (χ2v) is 5.26. The summed E-state index contributed by atoms with van der Waals surface area (Å²) in [4.78, 5) is 16.8. The van der Waals surface area contributed by atoms with Crippen molar-refractivity contribution in [1.29, 1.82) is 0 Å². The van der Waals surface area contributed by atoms with E-state index in [0.717, 1.165) is 0 Å². The van der Waals surface area contributed by atoms with E-state index in [4.69, 9.17) is 9.59 Å². The Morgan fingerprint density at radius 1 is 0.737 bits per heavy atom. The average molecular weight is 324 g/mol. The summed E-state index contributed by atoms with van der Waals surface area (Å²) in [6, 6.07) is -0.733. The number of hydrogen-bond donors (Lipinski definition) is 2. The fraction of sp³-hybridized carbons (Fsp3) is 1.00. The molecule has 0 radical (unpaired) electrons. The molecule has 0 saturated heterocycles. The predicted octanol–water partition coefficient (Wildman–Crippen LogP) is 2.44. The summed E-state index contributed by atoms with van der Waals surface area (Å²) < 4.78 is 111. The van der Waals surface area contributed by atoms with E-state index < -0.39 is 52.1 Å². The van der Waals surface area contributed by atoms with Gasteiger partial charge < -0.3 is 9.59 Å². The van der Waals surface area contributed by atoms with Gasteiger partial charge in [0.1, 0.15) is 0 Å². The Morgan fingerprint density at radius 2 is 1.16 bits per heavy atom. The van der Waals surface area contributed by atoms with Crippen LogP contribution in [0, 0.1) is 0 Å². The van der Waals surface area contributed by atoms with Gasteiger partial charge in [-0.1, -0.05) is 0 Å². The second kappa shape index (κ2) is 5.48. The Bertz CT molecular complexity index is 301. The summed E-state index contributed by atoms with van der Waals surface area (Å²) in [6.07, 6.45) is -9.86.